The van der Waals surface area contributed by atoms with E-state index in [9.17, 15) is 9.59 Å². The van der Waals surface area contributed by atoms with Crippen LogP contribution < -0.4 is 5.32 Å². The molecule has 2 unspecified atom stereocenters. The first-order valence-electron chi connectivity index (χ1n) is 8.25. The zero-order valence-corrected chi connectivity index (χ0v) is 13.9. The van der Waals surface area contributed by atoms with E-state index in [4.69, 9.17) is 5.11 Å². The van der Waals surface area contributed by atoms with Gasteiger partial charge in [-0.15, -0.1) is 0 Å². The van der Waals surface area contributed by atoms with Gasteiger partial charge in [0.1, 0.15) is 5.54 Å². The van der Waals surface area contributed by atoms with E-state index in [1.165, 1.54) is 0 Å². The Morgan fingerprint density at radius 1 is 1.35 bits per heavy atom. The molecule has 126 valence electrons. The standard InChI is InChI=1S/C18H26N2O3/c1-14(9-12-21)13-19-17(23)18(2)10-6-11-20(18)16(22)15-7-4-3-5-8-15/h3-5,7-8,14,21H,6,9-13H2,1-2H3,(H,19,23). The predicted molar refractivity (Wildman–Crippen MR) is 89.0 cm³/mol. The van der Waals surface area contributed by atoms with Crippen LogP contribution in [0.2, 0.25) is 0 Å². The van der Waals surface area contributed by atoms with Crippen LogP contribution in [-0.2, 0) is 4.79 Å². The first-order chi connectivity index (χ1) is 11.0. The van der Waals surface area contributed by atoms with Crippen LogP contribution in [-0.4, -0.2) is 47.1 Å². The lowest BCUT2D eigenvalue weighted by molar-refractivity contribution is -0.130. The SMILES string of the molecule is CC(CCO)CNC(=O)C1(C)CCCN1C(=O)c1ccccc1. The minimum Gasteiger partial charge on any atom is -0.396 e. The topological polar surface area (TPSA) is 69.6 Å². The fraction of sp³-hybridized carbons (Fsp3) is 0.556. The summed E-state index contributed by atoms with van der Waals surface area (Å²) in [7, 11) is 0. The van der Waals surface area contributed by atoms with Gasteiger partial charge in [0.05, 0.1) is 0 Å². The molecule has 2 N–H and O–H groups in total. The predicted octanol–water partition coefficient (Wildman–Crippen LogP) is 1.82. The van der Waals surface area contributed by atoms with E-state index in [0.717, 1.165) is 6.42 Å². The van der Waals surface area contributed by atoms with E-state index in [1.807, 2.05) is 32.0 Å². The maximum Gasteiger partial charge on any atom is 0.254 e. The second kappa shape index (κ2) is 7.59. The van der Waals surface area contributed by atoms with Crippen molar-refractivity contribution in [2.24, 2.45) is 5.92 Å². The van der Waals surface area contributed by atoms with E-state index in [-0.39, 0.29) is 24.3 Å². The Morgan fingerprint density at radius 2 is 2.04 bits per heavy atom. The summed E-state index contributed by atoms with van der Waals surface area (Å²) in [6.07, 6.45) is 2.16. The number of likely N-dealkylation sites (tertiary alicyclic amines) is 1. The van der Waals surface area contributed by atoms with E-state index in [2.05, 4.69) is 5.32 Å². The molecule has 1 fully saturated rings. The monoisotopic (exact) mass is 318 g/mol. The van der Waals surface area contributed by atoms with Crippen molar-refractivity contribution in [2.45, 2.75) is 38.6 Å². The quantitative estimate of drug-likeness (QED) is 0.840. The summed E-state index contributed by atoms with van der Waals surface area (Å²) >= 11 is 0. The highest BCUT2D eigenvalue weighted by Gasteiger charge is 2.45. The summed E-state index contributed by atoms with van der Waals surface area (Å²) < 4.78 is 0. The van der Waals surface area contributed by atoms with Crippen LogP contribution in [0.3, 0.4) is 0 Å². The number of nitrogens with one attached hydrogen (secondary N) is 1. The number of nitrogens with zero attached hydrogens (tertiary/aromatic N) is 1. The van der Waals surface area contributed by atoms with Gasteiger partial charge in [-0.05, 0) is 44.2 Å². The lowest BCUT2D eigenvalue weighted by Gasteiger charge is -2.34. The third-order valence-electron chi connectivity index (χ3n) is 4.63. The fourth-order valence-corrected chi connectivity index (χ4v) is 3.04. The highest BCUT2D eigenvalue weighted by Crippen LogP contribution is 2.30. The Kier molecular flexibility index (Phi) is 5.77. The van der Waals surface area contributed by atoms with E-state index >= 15 is 0 Å². The van der Waals surface area contributed by atoms with Crippen LogP contribution in [0.4, 0.5) is 0 Å². The lowest BCUT2D eigenvalue weighted by Crippen LogP contribution is -2.55. The zero-order valence-electron chi connectivity index (χ0n) is 13.9. The van der Waals surface area contributed by atoms with Crippen molar-refractivity contribution in [3.8, 4) is 0 Å². The normalized spacial score (nSPS) is 22.0. The summed E-state index contributed by atoms with van der Waals surface area (Å²) in [6.45, 7) is 5.06. The molecule has 0 spiro atoms. The number of amides is 2. The number of benzene rings is 1. The van der Waals surface area contributed by atoms with Crippen LogP contribution in [0, 0.1) is 5.92 Å². The average molecular weight is 318 g/mol. The number of aliphatic hydroxyl groups is 1. The number of rotatable bonds is 6. The van der Waals surface area contributed by atoms with Gasteiger partial charge < -0.3 is 15.3 Å². The van der Waals surface area contributed by atoms with Crippen LogP contribution in [0.15, 0.2) is 30.3 Å². The molecule has 0 aromatic heterocycles. The highest BCUT2D eigenvalue weighted by molar-refractivity contribution is 5.99. The van der Waals surface area contributed by atoms with Gasteiger partial charge in [-0.25, -0.2) is 0 Å². The largest absolute Gasteiger partial charge is 0.396 e. The number of carbonyl (C=O) groups is 2. The van der Waals surface area contributed by atoms with Crippen molar-refractivity contribution in [3.63, 3.8) is 0 Å². The van der Waals surface area contributed by atoms with Gasteiger partial charge in [0.2, 0.25) is 5.91 Å². The molecule has 2 atom stereocenters. The van der Waals surface area contributed by atoms with Gasteiger partial charge in [0, 0.05) is 25.3 Å². The summed E-state index contributed by atoms with van der Waals surface area (Å²) in [5.41, 5.74) is -0.187. The van der Waals surface area contributed by atoms with Crippen molar-refractivity contribution in [1.29, 1.82) is 0 Å². The summed E-state index contributed by atoms with van der Waals surface area (Å²) in [5, 5.41) is 11.9. The summed E-state index contributed by atoms with van der Waals surface area (Å²) in [6, 6.07) is 9.09. The molecule has 5 nitrogen and oxygen atoms in total. The minimum absolute atomic E-state index is 0.0934. The van der Waals surface area contributed by atoms with Crippen LogP contribution >= 0.6 is 0 Å². The fourth-order valence-electron chi connectivity index (χ4n) is 3.04. The Labute approximate surface area is 137 Å². The van der Waals surface area contributed by atoms with Crippen LogP contribution in [0.5, 0.6) is 0 Å². The molecule has 1 aromatic rings. The minimum atomic E-state index is -0.800. The Morgan fingerprint density at radius 3 is 2.70 bits per heavy atom. The third kappa shape index (κ3) is 3.91. The molecular formula is C18H26N2O3. The van der Waals surface area contributed by atoms with Gasteiger partial charge in [0.25, 0.3) is 5.91 Å². The molecule has 1 aliphatic rings. The molecule has 23 heavy (non-hydrogen) atoms. The second-order valence-electron chi connectivity index (χ2n) is 6.53. The van der Waals surface area contributed by atoms with Gasteiger partial charge in [0.15, 0.2) is 0 Å². The van der Waals surface area contributed by atoms with Crippen molar-refractivity contribution < 1.29 is 14.7 Å². The summed E-state index contributed by atoms with van der Waals surface area (Å²) in [5.74, 6) is 0.0143. The molecule has 1 aliphatic heterocycles. The Balaban J connectivity index is 2.06. The van der Waals surface area contributed by atoms with Gasteiger partial charge >= 0.3 is 0 Å². The van der Waals surface area contributed by atoms with Crippen molar-refractivity contribution in [1.82, 2.24) is 10.2 Å². The van der Waals surface area contributed by atoms with Crippen molar-refractivity contribution in [3.05, 3.63) is 35.9 Å². The first-order valence-corrected chi connectivity index (χ1v) is 8.25. The van der Waals surface area contributed by atoms with Gasteiger partial charge in [-0.2, -0.15) is 0 Å². The smallest absolute Gasteiger partial charge is 0.254 e. The molecular weight excluding hydrogens is 292 g/mol. The molecule has 1 heterocycles. The number of aliphatic hydroxyl groups excluding tert-OH is 1. The average Bonchev–Trinajstić information content (AvgIpc) is 2.96. The number of hydrogen-bond donors (Lipinski definition) is 2. The Bertz CT molecular complexity index is 546. The van der Waals surface area contributed by atoms with Crippen LogP contribution in [0.1, 0.15) is 43.5 Å². The number of carbonyl (C=O) groups excluding carboxylic acids is 2. The first kappa shape index (κ1) is 17.5. The molecule has 2 rings (SSSR count). The van der Waals surface area contributed by atoms with Crippen molar-refractivity contribution in [2.75, 3.05) is 19.7 Å². The zero-order chi connectivity index (χ0) is 16.9. The molecule has 0 saturated carbocycles. The molecule has 0 aliphatic carbocycles. The highest BCUT2D eigenvalue weighted by atomic mass is 16.3. The summed E-state index contributed by atoms with van der Waals surface area (Å²) in [4.78, 5) is 27.1. The molecule has 1 aromatic carbocycles. The molecule has 5 heteroatoms. The lowest BCUT2D eigenvalue weighted by atomic mass is 9.96. The van der Waals surface area contributed by atoms with Crippen molar-refractivity contribution >= 4 is 11.8 Å². The van der Waals surface area contributed by atoms with E-state index in [0.29, 0.717) is 31.5 Å². The third-order valence-corrected chi connectivity index (χ3v) is 4.63. The van der Waals surface area contributed by atoms with Gasteiger partial charge in [-0.1, -0.05) is 25.1 Å². The maximum atomic E-state index is 12.7. The second-order valence-corrected chi connectivity index (χ2v) is 6.53. The number of hydrogen-bond acceptors (Lipinski definition) is 3. The maximum absolute atomic E-state index is 12.7. The molecule has 2 amide bonds. The van der Waals surface area contributed by atoms with E-state index < -0.39 is 5.54 Å². The van der Waals surface area contributed by atoms with E-state index in [1.54, 1.807) is 17.0 Å². The molecule has 1 saturated heterocycles. The Hall–Kier alpha value is -1.88. The molecule has 0 bridgehead atoms. The van der Waals surface area contributed by atoms with Gasteiger partial charge in [-0.3, -0.25) is 9.59 Å². The van der Waals surface area contributed by atoms with Crippen LogP contribution in [0.25, 0.3) is 0 Å². The molecule has 0 radical (unpaired) electrons.